The summed E-state index contributed by atoms with van der Waals surface area (Å²) in [4.78, 5) is 61.6. The van der Waals surface area contributed by atoms with Crippen LogP contribution in [0.3, 0.4) is 0 Å². The summed E-state index contributed by atoms with van der Waals surface area (Å²) in [6.45, 7) is 4.45. The van der Waals surface area contributed by atoms with E-state index in [4.69, 9.17) is 32.8 Å². The van der Waals surface area contributed by atoms with Gasteiger partial charge in [0.25, 0.3) is 5.56 Å². The molecule has 2 N–H and O–H groups in total. The van der Waals surface area contributed by atoms with Crippen molar-refractivity contribution in [3.63, 3.8) is 0 Å². The summed E-state index contributed by atoms with van der Waals surface area (Å²) in [6, 6.07) is 12.1. The number of hydroxylamine groups is 2. The number of nitrogens with one attached hydrogen (secondary N) is 2. The predicted octanol–water partition coefficient (Wildman–Crippen LogP) is 6.90. The molecule has 4 aromatic rings. The minimum atomic E-state index is -4.87. The van der Waals surface area contributed by atoms with E-state index in [1.165, 1.54) is 48.6 Å². The second-order valence-corrected chi connectivity index (χ2v) is 14.6. The van der Waals surface area contributed by atoms with E-state index in [0.29, 0.717) is 64.9 Å². The third-order valence-electron chi connectivity index (χ3n) is 8.28. The molecule has 2 atom stereocenters. The molecular weight excluding hydrogens is 768 g/mol. The van der Waals surface area contributed by atoms with Gasteiger partial charge in [-0.3, -0.25) is 14.2 Å². The van der Waals surface area contributed by atoms with Gasteiger partial charge in [-0.15, -0.1) is 10.2 Å². The van der Waals surface area contributed by atoms with Crippen molar-refractivity contribution in [1.82, 2.24) is 34.9 Å². The average molecular weight is 808 g/mol. The van der Waals surface area contributed by atoms with Crippen molar-refractivity contribution in [1.29, 1.82) is 0 Å². The van der Waals surface area contributed by atoms with Crippen LogP contribution in [0.25, 0.3) is 16.9 Å². The number of ether oxygens (including phenoxy) is 1. The van der Waals surface area contributed by atoms with Gasteiger partial charge >= 0.3 is 18.2 Å². The highest BCUT2D eigenvalue weighted by Crippen LogP contribution is 2.30. The molecule has 2 amide bonds. The Morgan fingerprint density at radius 2 is 1.82 bits per heavy atom. The Morgan fingerprint density at radius 1 is 1.04 bits per heavy atom. The zero-order valence-corrected chi connectivity index (χ0v) is 31.6. The number of carbonyl (C=O) groups excluding carboxylic acids is 3. The molecule has 1 aliphatic heterocycles. The van der Waals surface area contributed by atoms with Gasteiger partial charge in [-0.05, 0) is 75.9 Å². The molecule has 14 nitrogen and oxygen atoms in total. The number of rotatable bonds is 7. The van der Waals surface area contributed by atoms with Gasteiger partial charge in [0.05, 0.1) is 36.5 Å². The maximum Gasteiger partial charge on any atom is 0.443 e. The summed E-state index contributed by atoms with van der Waals surface area (Å²) in [5.74, 6) is -2.16. The van der Waals surface area contributed by atoms with Crippen LogP contribution in [0.5, 0.6) is 0 Å². The van der Waals surface area contributed by atoms with Gasteiger partial charge in [0.2, 0.25) is 5.91 Å². The highest BCUT2D eigenvalue weighted by molar-refractivity contribution is 6.31. The molecule has 55 heavy (non-hydrogen) atoms. The van der Waals surface area contributed by atoms with Gasteiger partial charge in [0, 0.05) is 28.9 Å². The molecule has 0 radical (unpaired) electrons. The van der Waals surface area contributed by atoms with Crippen molar-refractivity contribution in [3.8, 4) is 16.9 Å². The zero-order valence-electron chi connectivity index (χ0n) is 30.1. The maximum absolute atomic E-state index is 13.8. The number of benzene rings is 2. The van der Waals surface area contributed by atoms with Crippen molar-refractivity contribution in [2.45, 2.75) is 83.2 Å². The van der Waals surface area contributed by atoms with Gasteiger partial charge in [0.1, 0.15) is 18.1 Å². The predicted molar refractivity (Wildman–Crippen MR) is 197 cm³/mol. The van der Waals surface area contributed by atoms with E-state index in [2.05, 4.69) is 25.9 Å². The summed E-state index contributed by atoms with van der Waals surface area (Å²) in [5.41, 5.74) is 1.25. The number of amides is 2. The van der Waals surface area contributed by atoms with Crippen molar-refractivity contribution in [2.24, 2.45) is 0 Å². The molecule has 0 saturated heterocycles. The lowest BCUT2D eigenvalue weighted by atomic mass is 9.99. The average Bonchev–Trinajstić information content (AvgIpc) is 3.53. The van der Waals surface area contributed by atoms with Gasteiger partial charge in [-0.25, -0.2) is 19.3 Å². The summed E-state index contributed by atoms with van der Waals surface area (Å²) >= 11 is 12.3. The Balaban J connectivity index is 1.42. The third kappa shape index (κ3) is 11.7. The molecule has 1 aliphatic rings. The number of alkyl halides is 3. The molecule has 5 rings (SSSR count). The minimum absolute atomic E-state index is 0.179. The summed E-state index contributed by atoms with van der Waals surface area (Å²) < 4.78 is 46.9. The van der Waals surface area contributed by atoms with Gasteiger partial charge in [-0.1, -0.05) is 53.4 Å². The molecule has 0 unspecified atom stereocenters. The number of carbonyl (C=O) groups is 3. The Morgan fingerprint density at radius 3 is 2.51 bits per heavy atom. The standard InChI is InChI=1S/C36H39Cl2F3N8O6/c1-35(2,3)54-34(53)49(55-32(51)19-36(39,40)41)15-13-26-33(52)42-14-6-4-5-10-28(22-8-7-9-24(16-22)44-26)47-21-43-27(18-31(47)50)25-17-23(37)11-12-29(25)48-20-30(38)45-46-48/h7-9,11-12,16-18,20-21,26,28,44H,4-6,10,13-15,19H2,1-3H3,(H,42,52)/t26-,28+/m1/s1. The zero-order chi connectivity index (χ0) is 39.9. The summed E-state index contributed by atoms with van der Waals surface area (Å²) in [5, 5.41) is 14.8. The van der Waals surface area contributed by atoms with Crippen molar-refractivity contribution in [2.75, 3.05) is 18.4 Å². The number of anilines is 1. The van der Waals surface area contributed by atoms with E-state index >= 15 is 0 Å². The normalized spacial score (nSPS) is 16.8. The lowest BCUT2D eigenvalue weighted by Crippen LogP contribution is -2.45. The molecule has 2 bridgehead atoms. The van der Waals surface area contributed by atoms with Crippen molar-refractivity contribution < 1.29 is 37.1 Å². The Kier molecular flexibility index (Phi) is 13.1. The lowest BCUT2D eigenvalue weighted by molar-refractivity contribution is -0.202. The summed E-state index contributed by atoms with van der Waals surface area (Å²) in [6.07, 6.45) is -2.60. The van der Waals surface area contributed by atoms with Crippen molar-refractivity contribution >= 4 is 46.9 Å². The van der Waals surface area contributed by atoms with Crippen LogP contribution in [0.1, 0.15) is 70.9 Å². The molecule has 0 aliphatic carbocycles. The van der Waals surface area contributed by atoms with E-state index in [-0.39, 0.29) is 17.1 Å². The van der Waals surface area contributed by atoms with E-state index in [0.717, 1.165) is 5.56 Å². The molecule has 0 fully saturated rings. The number of hydrogen-bond acceptors (Lipinski definition) is 10. The molecular formula is C36H39Cl2F3N8O6. The van der Waals surface area contributed by atoms with Gasteiger partial charge in [0.15, 0.2) is 5.15 Å². The first-order valence-electron chi connectivity index (χ1n) is 17.3. The highest BCUT2D eigenvalue weighted by Gasteiger charge is 2.35. The summed E-state index contributed by atoms with van der Waals surface area (Å²) in [7, 11) is 0. The third-order valence-corrected chi connectivity index (χ3v) is 8.68. The second kappa shape index (κ2) is 17.5. The molecule has 0 saturated carbocycles. The van der Waals surface area contributed by atoms with E-state index in [1.54, 1.807) is 36.4 Å². The Hall–Kier alpha value is -5.16. The largest absolute Gasteiger partial charge is 0.443 e. The number of halogens is 5. The monoisotopic (exact) mass is 806 g/mol. The number of aromatic nitrogens is 5. The van der Waals surface area contributed by atoms with E-state index in [1.807, 2.05) is 6.07 Å². The van der Waals surface area contributed by atoms with E-state index in [9.17, 15) is 32.3 Å². The topological polar surface area (TPSA) is 163 Å². The van der Waals surface area contributed by atoms with Crippen LogP contribution >= 0.6 is 23.2 Å². The SMILES string of the molecule is CC(C)(C)OC(=O)N(CC[C@H]1Nc2cccc(c2)[C@@H](n2cnc(-c3cc(Cl)ccc3-n3cc(Cl)nn3)cc2=O)CCCCCNC1=O)OC(=O)CC(F)(F)F. The number of nitrogens with zero attached hydrogens (tertiary/aromatic N) is 6. The fourth-order valence-corrected chi connectivity index (χ4v) is 6.16. The molecule has 2 aromatic heterocycles. The smallest absolute Gasteiger partial charge is 0.442 e. The Labute approximate surface area is 323 Å². The van der Waals surface area contributed by atoms with Crippen LogP contribution in [0.4, 0.5) is 23.7 Å². The quantitative estimate of drug-likeness (QED) is 0.188. The molecule has 19 heteroatoms. The van der Waals surface area contributed by atoms with Crippen LogP contribution in [0, 0.1) is 0 Å². The lowest BCUT2D eigenvalue weighted by Gasteiger charge is -2.28. The van der Waals surface area contributed by atoms with Crippen LogP contribution in [0.2, 0.25) is 10.2 Å². The van der Waals surface area contributed by atoms with Gasteiger partial charge < -0.3 is 20.2 Å². The fraction of sp³-hybridized carbons (Fsp3) is 0.417. The minimum Gasteiger partial charge on any atom is -0.442 e. The second-order valence-electron chi connectivity index (χ2n) is 13.8. The number of fused-ring (bicyclic) bond motifs is 2. The first kappa shape index (κ1) is 41.0. The van der Waals surface area contributed by atoms with Crippen LogP contribution in [-0.2, 0) is 19.2 Å². The van der Waals surface area contributed by atoms with Crippen LogP contribution < -0.4 is 16.2 Å². The first-order chi connectivity index (χ1) is 26.0. The fourth-order valence-electron chi connectivity index (χ4n) is 5.86. The molecule has 2 aromatic carbocycles. The first-order valence-corrected chi connectivity index (χ1v) is 18.1. The van der Waals surface area contributed by atoms with Crippen LogP contribution in [-0.4, -0.2) is 78.5 Å². The molecule has 294 valence electrons. The van der Waals surface area contributed by atoms with E-state index < -0.39 is 54.8 Å². The number of hydrogen-bond donors (Lipinski definition) is 2. The highest BCUT2D eigenvalue weighted by atomic mass is 35.5. The maximum atomic E-state index is 13.8. The molecule has 3 heterocycles. The van der Waals surface area contributed by atoms with Crippen LogP contribution in [0.15, 0.2) is 65.8 Å². The Bertz CT molecular complexity index is 2070. The molecule has 0 spiro atoms. The van der Waals surface area contributed by atoms with Crippen molar-refractivity contribution in [3.05, 3.63) is 87.1 Å². The van der Waals surface area contributed by atoms with Gasteiger partial charge in [-0.2, -0.15) is 13.2 Å².